The van der Waals surface area contributed by atoms with Gasteiger partial charge in [0.05, 0.1) is 6.26 Å². The van der Waals surface area contributed by atoms with Crippen molar-refractivity contribution in [3.63, 3.8) is 0 Å². The van der Waals surface area contributed by atoms with Crippen LogP contribution in [0.3, 0.4) is 0 Å². The van der Waals surface area contributed by atoms with E-state index in [-0.39, 0.29) is 11.7 Å². The molecule has 0 fully saturated rings. The molecule has 0 aliphatic rings. The van der Waals surface area contributed by atoms with Gasteiger partial charge in [0.2, 0.25) is 0 Å². The van der Waals surface area contributed by atoms with Crippen LogP contribution in [-0.2, 0) is 6.42 Å². The number of anilines is 2. The number of nitrogens with zero attached hydrogens (tertiary/aromatic N) is 1. The molecule has 2 aromatic rings. The van der Waals surface area contributed by atoms with Crippen LogP contribution < -0.4 is 16.4 Å². The van der Waals surface area contributed by atoms with Crippen LogP contribution in [0, 0.1) is 5.92 Å². The van der Waals surface area contributed by atoms with Gasteiger partial charge in [-0.1, -0.05) is 25.2 Å². The van der Waals surface area contributed by atoms with Gasteiger partial charge in [-0.15, -0.1) is 0 Å². The fraction of sp³-hybridized carbons (Fsp3) is 0.429. The van der Waals surface area contributed by atoms with E-state index in [9.17, 15) is 4.79 Å². The van der Waals surface area contributed by atoms with Crippen molar-refractivity contribution in [1.82, 2.24) is 10.3 Å². The molecule has 2 rings (SSSR count). The average molecular weight is 308 g/mol. The normalized spacial score (nSPS) is 10.8. The number of carbonyl (C=O) groups excluding carboxylic acids is 1. The highest BCUT2D eigenvalue weighted by atomic mass is 32.1. The van der Waals surface area contributed by atoms with Gasteiger partial charge in [-0.2, -0.15) is 0 Å². The third kappa shape index (κ3) is 4.49. The maximum Gasteiger partial charge on any atom is 0.265 e. The van der Waals surface area contributed by atoms with Gasteiger partial charge < -0.3 is 20.8 Å². The number of nitrogens with two attached hydrogens (primary N) is 1. The zero-order chi connectivity index (χ0) is 15.2. The van der Waals surface area contributed by atoms with E-state index in [4.69, 9.17) is 10.2 Å². The predicted molar refractivity (Wildman–Crippen MR) is 84.6 cm³/mol. The Morgan fingerprint density at radius 1 is 1.52 bits per heavy atom. The molecule has 2 heterocycles. The summed E-state index contributed by atoms with van der Waals surface area (Å²) in [6.45, 7) is 5.50. The topological polar surface area (TPSA) is 93.2 Å². The van der Waals surface area contributed by atoms with Gasteiger partial charge in [0.25, 0.3) is 5.91 Å². The third-order valence-electron chi connectivity index (χ3n) is 2.76. The van der Waals surface area contributed by atoms with Crippen LogP contribution in [0.25, 0.3) is 0 Å². The number of hydrogen-bond acceptors (Lipinski definition) is 6. The van der Waals surface area contributed by atoms with Gasteiger partial charge >= 0.3 is 0 Å². The zero-order valence-corrected chi connectivity index (χ0v) is 13.0. The molecule has 1 amide bonds. The minimum Gasteiger partial charge on any atom is -0.469 e. The van der Waals surface area contributed by atoms with E-state index in [1.165, 1.54) is 11.3 Å². The quantitative estimate of drug-likeness (QED) is 0.730. The van der Waals surface area contributed by atoms with E-state index >= 15 is 0 Å². The van der Waals surface area contributed by atoms with E-state index in [0.29, 0.717) is 28.9 Å². The lowest BCUT2D eigenvalue weighted by atomic mass is 10.2. The highest BCUT2D eigenvalue weighted by molar-refractivity contribution is 7.18. The van der Waals surface area contributed by atoms with Crippen LogP contribution in [0.5, 0.6) is 0 Å². The first-order valence-corrected chi connectivity index (χ1v) is 7.68. The highest BCUT2D eigenvalue weighted by Crippen LogP contribution is 2.24. The summed E-state index contributed by atoms with van der Waals surface area (Å²) in [5, 5.41) is 6.67. The molecule has 4 N–H and O–H groups in total. The maximum atomic E-state index is 12.1. The Hall–Kier alpha value is -2.02. The molecule has 114 valence electrons. The first-order valence-electron chi connectivity index (χ1n) is 6.87. The first-order chi connectivity index (χ1) is 10.1. The van der Waals surface area contributed by atoms with Gasteiger partial charge in [0.1, 0.15) is 16.5 Å². The second-order valence-corrected chi connectivity index (χ2v) is 6.09. The molecule has 0 aromatic carbocycles. The van der Waals surface area contributed by atoms with E-state index in [1.807, 2.05) is 12.1 Å². The Morgan fingerprint density at radius 2 is 2.33 bits per heavy atom. The fourth-order valence-electron chi connectivity index (χ4n) is 1.70. The fourth-order valence-corrected chi connectivity index (χ4v) is 2.50. The van der Waals surface area contributed by atoms with E-state index in [2.05, 4.69) is 29.5 Å². The number of hydrogen-bond donors (Lipinski definition) is 3. The van der Waals surface area contributed by atoms with Crippen LogP contribution in [0.1, 0.15) is 29.3 Å². The molecular formula is C14H20N4O2S. The third-order valence-corrected chi connectivity index (χ3v) is 3.79. The highest BCUT2D eigenvalue weighted by Gasteiger charge is 2.16. The number of amides is 1. The standard InChI is InChI=1S/C14H20N4O2S/c1-9(2)8-17-14-18-12(15)11(21-14)13(19)16-6-5-10-4-3-7-20-10/h3-4,7,9H,5-6,8,15H2,1-2H3,(H,16,19)(H,17,18). The monoisotopic (exact) mass is 308 g/mol. The van der Waals surface area contributed by atoms with Crippen LogP contribution in [-0.4, -0.2) is 24.0 Å². The van der Waals surface area contributed by atoms with Crippen LogP contribution >= 0.6 is 11.3 Å². The molecule has 0 aliphatic heterocycles. The summed E-state index contributed by atoms with van der Waals surface area (Å²) in [6, 6.07) is 3.70. The SMILES string of the molecule is CC(C)CNc1nc(N)c(C(=O)NCCc2ccco2)s1. The summed E-state index contributed by atoms with van der Waals surface area (Å²) < 4.78 is 5.21. The molecule has 6 nitrogen and oxygen atoms in total. The Morgan fingerprint density at radius 3 is 3.00 bits per heavy atom. The van der Waals surface area contributed by atoms with Crippen molar-refractivity contribution >= 4 is 28.2 Å². The minimum absolute atomic E-state index is 0.200. The molecule has 0 saturated carbocycles. The van der Waals surface area contributed by atoms with Gasteiger partial charge in [0.15, 0.2) is 5.13 Å². The molecule has 21 heavy (non-hydrogen) atoms. The smallest absolute Gasteiger partial charge is 0.265 e. The number of rotatable bonds is 7. The first kappa shape index (κ1) is 15.4. The lowest BCUT2D eigenvalue weighted by Gasteiger charge is -2.04. The molecule has 2 aromatic heterocycles. The molecule has 0 spiro atoms. The van der Waals surface area contributed by atoms with Gasteiger partial charge in [-0.3, -0.25) is 4.79 Å². The number of nitrogens with one attached hydrogen (secondary N) is 2. The maximum absolute atomic E-state index is 12.1. The summed E-state index contributed by atoms with van der Waals surface area (Å²) >= 11 is 1.27. The van der Waals surface area contributed by atoms with Crippen molar-refractivity contribution in [2.75, 3.05) is 24.1 Å². The van der Waals surface area contributed by atoms with Gasteiger partial charge in [-0.05, 0) is 18.1 Å². The molecule has 0 aliphatic carbocycles. The second kappa shape index (κ2) is 7.12. The lowest BCUT2D eigenvalue weighted by Crippen LogP contribution is -2.25. The largest absolute Gasteiger partial charge is 0.469 e. The summed E-state index contributed by atoms with van der Waals surface area (Å²) in [7, 11) is 0. The van der Waals surface area contributed by atoms with Crippen LogP contribution in [0.2, 0.25) is 0 Å². The van der Waals surface area contributed by atoms with Crippen molar-refractivity contribution in [2.45, 2.75) is 20.3 Å². The molecule has 7 heteroatoms. The number of carbonyl (C=O) groups is 1. The van der Waals surface area contributed by atoms with Crippen molar-refractivity contribution in [2.24, 2.45) is 5.92 Å². The molecule has 0 bridgehead atoms. The Labute approximate surface area is 127 Å². The number of furan rings is 1. The van der Waals surface area contributed by atoms with Crippen molar-refractivity contribution in [3.8, 4) is 0 Å². The summed E-state index contributed by atoms with van der Waals surface area (Å²) in [6.07, 6.45) is 2.26. The number of nitrogen functional groups attached to an aromatic ring is 1. The lowest BCUT2D eigenvalue weighted by molar-refractivity contribution is 0.0958. The van der Waals surface area contributed by atoms with Gasteiger partial charge in [0, 0.05) is 19.5 Å². The average Bonchev–Trinajstić information content (AvgIpc) is 3.06. The molecular weight excluding hydrogens is 288 g/mol. The zero-order valence-electron chi connectivity index (χ0n) is 12.2. The minimum atomic E-state index is -0.200. The Bertz CT molecular complexity index is 578. The van der Waals surface area contributed by atoms with Crippen molar-refractivity contribution in [3.05, 3.63) is 29.0 Å². The second-order valence-electron chi connectivity index (χ2n) is 5.09. The number of thiazole rings is 1. The summed E-state index contributed by atoms with van der Waals surface area (Å²) in [5.74, 6) is 1.41. The van der Waals surface area contributed by atoms with Crippen LogP contribution in [0.4, 0.5) is 10.9 Å². The predicted octanol–water partition coefficient (Wildman–Crippen LogP) is 2.36. The summed E-state index contributed by atoms with van der Waals surface area (Å²) in [4.78, 5) is 16.7. The number of aromatic nitrogens is 1. The van der Waals surface area contributed by atoms with Crippen molar-refractivity contribution < 1.29 is 9.21 Å². The molecule has 0 unspecified atom stereocenters. The van der Waals surface area contributed by atoms with Crippen LogP contribution in [0.15, 0.2) is 22.8 Å². The molecule has 0 saturated heterocycles. The van der Waals surface area contributed by atoms with E-state index < -0.39 is 0 Å². The Balaban J connectivity index is 1.86. The molecule has 0 atom stereocenters. The summed E-state index contributed by atoms with van der Waals surface area (Å²) in [5.41, 5.74) is 5.79. The van der Waals surface area contributed by atoms with Crippen molar-refractivity contribution in [1.29, 1.82) is 0 Å². The van der Waals surface area contributed by atoms with E-state index in [0.717, 1.165) is 12.3 Å². The Kier molecular flexibility index (Phi) is 5.21. The molecule has 0 radical (unpaired) electrons. The van der Waals surface area contributed by atoms with E-state index in [1.54, 1.807) is 6.26 Å². The van der Waals surface area contributed by atoms with Gasteiger partial charge in [-0.25, -0.2) is 4.98 Å².